The van der Waals surface area contributed by atoms with Crippen LogP contribution in [0.25, 0.3) is 5.82 Å². The first-order valence-corrected chi connectivity index (χ1v) is 9.58. The van der Waals surface area contributed by atoms with E-state index in [-0.39, 0.29) is 5.91 Å². The fourth-order valence-electron chi connectivity index (χ4n) is 3.11. The third-order valence-corrected chi connectivity index (χ3v) is 4.65. The van der Waals surface area contributed by atoms with Gasteiger partial charge in [0.2, 0.25) is 0 Å². The molecule has 4 rings (SSSR count). The van der Waals surface area contributed by atoms with E-state index in [0.717, 1.165) is 28.3 Å². The summed E-state index contributed by atoms with van der Waals surface area (Å²) in [5, 5.41) is 6.23. The Morgan fingerprint density at radius 3 is 2.43 bits per heavy atom. The normalized spacial score (nSPS) is 10.6. The molecule has 0 aliphatic rings. The van der Waals surface area contributed by atoms with E-state index >= 15 is 0 Å². The number of nitrogens with zero attached hydrogens (tertiary/aromatic N) is 4. The topological polar surface area (TPSA) is 84.7 Å². The molecule has 4 aromatic rings. The number of aromatic nitrogens is 4. The lowest BCUT2D eigenvalue weighted by Gasteiger charge is -2.11. The highest BCUT2D eigenvalue weighted by Crippen LogP contribution is 2.20. The first-order chi connectivity index (χ1) is 14.5. The summed E-state index contributed by atoms with van der Waals surface area (Å²) < 4.78 is 1.83. The zero-order valence-electron chi connectivity index (χ0n) is 17.0. The fraction of sp³-hybridized carbons (Fsp3) is 0.130. The first kappa shape index (κ1) is 19.3. The number of aryl methyl sites for hydroxylation is 3. The Labute approximate surface area is 174 Å². The van der Waals surface area contributed by atoms with Gasteiger partial charge in [0.25, 0.3) is 5.91 Å². The molecule has 2 aromatic carbocycles. The predicted molar refractivity (Wildman–Crippen MR) is 117 cm³/mol. The molecule has 2 N–H and O–H groups in total. The number of hydrogen-bond donors (Lipinski definition) is 2. The lowest BCUT2D eigenvalue weighted by molar-refractivity contribution is 0.102. The van der Waals surface area contributed by atoms with Gasteiger partial charge in [-0.3, -0.25) is 9.36 Å². The van der Waals surface area contributed by atoms with E-state index in [1.165, 1.54) is 0 Å². The zero-order valence-corrected chi connectivity index (χ0v) is 17.0. The number of hydrogen-bond acceptors (Lipinski definition) is 5. The van der Waals surface area contributed by atoms with Crippen LogP contribution in [-0.2, 0) is 0 Å². The fourth-order valence-corrected chi connectivity index (χ4v) is 3.11. The maximum atomic E-state index is 12.6. The average Bonchev–Trinajstić information content (AvgIpc) is 3.26. The number of carbonyl (C=O) groups is 1. The molecule has 0 fully saturated rings. The Bertz CT molecular complexity index is 1180. The molecule has 150 valence electrons. The molecule has 0 bridgehead atoms. The largest absolute Gasteiger partial charge is 0.340 e. The number of carbonyl (C=O) groups excluding carboxylic acids is 1. The van der Waals surface area contributed by atoms with Crippen LogP contribution < -0.4 is 10.6 Å². The van der Waals surface area contributed by atoms with Gasteiger partial charge in [0.15, 0.2) is 0 Å². The van der Waals surface area contributed by atoms with Crippen molar-refractivity contribution in [2.75, 3.05) is 10.6 Å². The Hall–Kier alpha value is -4.00. The van der Waals surface area contributed by atoms with Crippen molar-refractivity contribution in [3.63, 3.8) is 0 Å². The minimum atomic E-state index is -0.117. The Kier molecular flexibility index (Phi) is 5.26. The molecule has 0 aliphatic heterocycles. The summed E-state index contributed by atoms with van der Waals surface area (Å²) >= 11 is 0. The minimum Gasteiger partial charge on any atom is -0.340 e. The number of anilines is 3. The molecular formula is C23H22N6O. The van der Waals surface area contributed by atoms with Gasteiger partial charge in [0, 0.05) is 35.4 Å². The van der Waals surface area contributed by atoms with E-state index in [4.69, 9.17) is 0 Å². The summed E-state index contributed by atoms with van der Waals surface area (Å²) in [7, 11) is 0. The van der Waals surface area contributed by atoms with Gasteiger partial charge in [-0.25, -0.2) is 15.0 Å². The second-order valence-electron chi connectivity index (χ2n) is 7.10. The van der Waals surface area contributed by atoms with Gasteiger partial charge in [0.1, 0.15) is 23.8 Å². The lowest BCUT2D eigenvalue weighted by Crippen LogP contribution is -2.13. The smallest absolute Gasteiger partial charge is 0.255 e. The highest BCUT2D eigenvalue weighted by atomic mass is 16.1. The molecule has 1 amide bonds. The molecular weight excluding hydrogens is 376 g/mol. The Balaban J connectivity index is 1.48. The quantitative estimate of drug-likeness (QED) is 0.514. The molecule has 0 atom stereocenters. The minimum absolute atomic E-state index is 0.117. The molecule has 0 aliphatic carbocycles. The van der Waals surface area contributed by atoms with Crippen molar-refractivity contribution in [2.45, 2.75) is 20.8 Å². The van der Waals surface area contributed by atoms with Crippen molar-refractivity contribution in [3.8, 4) is 5.82 Å². The van der Waals surface area contributed by atoms with Crippen LogP contribution in [0.2, 0.25) is 0 Å². The molecule has 30 heavy (non-hydrogen) atoms. The van der Waals surface area contributed by atoms with Gasteiger partial charge in [0.05, 0.1) is 0 Å². The monoisotopic (exact) mass is 398 g/mol. The second-order valence-corrected chi connectivity index (χ2v) is 7.10. The van der Waals surface area contributed by atoms with E-state index < -0.39 is 0 Å². The number of amides is 1. The third kappa shape index (κ3) is 4.35. The molecule has 2 aromatic heterocycles. The van der Waals surface area contributed by atoms with Gasteiger partial charge in [-0.05, 0) is 56.7 Å². The third-order valence-electron chi connectivity index (χ3n) is 4.65. The van der Waals surface area contributed by atoms with Gasteiger partial charge < -0.3 is 10.6 Å². The first-order valence-electron chi connectivity index (χ1n) is 9.58. The molecule has 0 saturated carbocycles. The van der Waals surface area contributed by atoms with Crippen molar-refractivity contribution < 1.29 is 4.79 Å². The van der Waals surface area contributed by atoms with Crippen LogP contribution in [-0.4, -0.2) is 25.4 Å². The van der Waals surface area contributed by atoms with Crippen molar-refractivity contribution in [1.29, 1.82) is 0 Å². The molecule has 0 unspecified atom stereocenters. The maximum absolute atomic E-state index is 12.6. The van der Waals surface area contributed by atoms with Gasteiger partial charge in [-0.15, -0.1) is 0 Å². The van der Waals surface area contributed by atoms with Crippen molar-refractivity contribution in [2.24, 2.45) is 0 Å². The standard InChI is InChI=1S/C23H22N6O/c1-15-4-5-16(2)20(12-15)23(30)28-19-8-6-18(7-9-19)27-21-13-22(26-17(3)25-21)29-11-10-24-14-29/h4-14H,1-3H3,(H,28,30)(H,25,26,27). The SMILES string of the molecule is Cc1ccc(C)c(C(=O)Nc2ccc(Nc3cc(-n4ccnc4)nc(C)n3)cc2)c1. The highest BCUT2D eigenvalue weighted by Gasteiger charge is 2.10. The van der Waals surface area contributed by atoms with Crippen molar-refractivity contribution >= 4 is 23.1 Å². The second kappa shape index (κ2) is 8.16. The zero-order chi connectivity index (χ0) is 21.1. The average molecular weight is 398 g/mol. The number of rotatable bonds is 5. The van der Waals surface area contributed by atoms with Crippen LogP contribution in [0, 0.1) is 20.8 Å². The summed E-state index contributed by atoms with van der Waals surface area (Å²) in [4.78, 5) is 25.5. The van der Waals surface area contributed by atoms with E-state index in [9.17, 15) is 4.79 Å². The van der Waals surface area contributed by atoms with Crippen molar-refractivity contribution in [1.82, 2.24) is 19.5 Å². The van der Waals surface area contributed by atoms with E-state index in [1.807, 2.05) is 80.1 Å². The van der Waals surface area contributed by atoms with Crippen LogP contribution in [0.5, 0.6) is 0 Å². The van der Waals surface area contributed by atoms with Gasteiger partial charge >= 0.3 is 0 Å². The molecule has 2 heterocycles. The predicted octanol–water partition coefficient (Wildman–Crippen LogP) is 4.58. The molecule has 0 saturated heterocycles. The van der Waals surface area contributed by atoms with Crippen LogP contribution in [0.15, 0.2) is 67.3 Å². The molecule has 0 spiro atoms. The highest BCUT2D eigenvalue weighted by molar-refractivity contribution is 6.05. The number of benzene rings is 2. The number of nitrogens with one attached hydrogen (secondary N) is 2. The number of imidazole rings is 1. The summed E-state index contributed by atoms with van der Waals surface area (Å²) in [5.74, 6) is 1.95. The van der Waals surface area contributed by atoms with Crippen LogP contribution in [0.3, 0.4) is 0 Å². The summed E-state index contributed by atoms with van der Waals surface area (Å²) in [6.45, 7) is 5.75. The molecule has 0 radical (unpaired) electrons. The van der Waals surface area contributed by atoms with E-state index in [1.54, 1.807) is 12.5 Å². The summed E-state index contributed by atoms with van der Waals surface area (Å²) in [6, 6.07) is 15.2. The lowest BCUT2D eigenvalue weighted by atomic mass is 10.1. The Morgan fingerprint density at radius 1 is 0.933 bits per heavy atom. The van der Waals surface area contributed by atoms with Gasteiger partial charge in [-0.1, -0.05) is 17.7 Å². The van der Waals surface area contributed by atoms with Crippen LogP contribution in [0.1, 0.15) is 27.3 Å². The van der Waals surface area contributed by atoms with E-state index in [2.05, 4.69) is 25.6 Å². The Morgan fingerprint density at radius 2 is 1.70 bits per heavy atom. The summed E-state index contributed by atoms with van der Waals surface area (Å²) in [6.07, 6.45) is 5.23. The molecule has 7 heteroatoms. The molecule has 7 nitrogen and oxygen atoms in total. The summed E-state index contributed by atoms with van der Waals surface area (Å²) in [5.41, 5.74) is 4.27. The maximum Gasteiger partial charge on any atom is 0.255 e. The van der Waals surface area contributed by atoms with Crippen molar-refractivity contribution in [3.05, 3.63) is 89.8 Å². The van der Waals surface area contributed by atoms with Crippen LogP contribution >= 0.6 is 0 Å². The van der Waals surface area contributed by atoms with Crippen LogP contribution in [0.4, 0.5) is 17.2 Å². The van der Waals surface area contributed by atoms with E-state index in [0.29, 0.717) is 17.2 Å². The van der Waals surface area contributed by atoms with Gasteiger partial charge in [-0.2, -0.15) is 0 Å².